The number of unbranched alkanes of at least 4 members (excludes halogenated alkanes) is 1. The van der Waals surface area contributed by atoms with E-state index in [1.807, 2.05) is 31.2 Å². The number of hydrogen-bond donors (Lipinski definition) is 0. The molecule has 2 rings (SSSR count). The van der Waals surface area contributed by atoms with E-state index in [4.69, 9.17) is 4.74 Å². The van der Waals surface area contributed by atoms with Crippen LogP contribution >= 0.6 is 0 Å². The largest absolute Gasteiger partial charge is 0.481 e. The van der Waals surface area contributed by atoms with Gasteiger partial charge in [0.25, 0.3) is 0 Å². The molecule has 0 fully saturated rings. The van der Waals surface area contributed by atoms with Crippen molar-refractivity contribution in [2.24, 2.45) is 0 Å². The molecule has 0 radical (unpaired) electrons. The van der Waals surface area contributed by atoms with Crippen molar-refractivity contribution in [3.05, 3.63) is 41.6 Å². The van der Waals surface area contributed by atoms with Gasteiger partial charge in [0.15, 0.2) is 0 Å². The molecule has 0 bridgehead atoms. The zero-order chi connectivity index (χ0) is 13.7. The van der Waals surface area contributed by atoms with Gasteiger partial charge in [0.05, 0.1) is 18.5 Å². The molecule has 100 valence electrons. The van der Waals surface area contributed by atoms with E-state index >= 15 is 0 Å². The molecule has 3 nitrogen and oxygen atoms in total. The number of ether oxygens (including phenoxy) is 1. The van der Waals surface area contributed by atoms with Crippen LogP contribution in [-0.2, 0) is 6.42 Å². The summed E-state index contributed by atoms with van der Waals surface area (Å²) in [4.78, 5) is 9.14. The highest BCUT2D eigenvalue weighted by Crippen LogP contribution is 2.20. The normalized spacial score (nSPS) is 10.5. The minimum Gasteiger partial charge on any atom is -0.481 e. The Balaban J connectivity index is 2.32. The van der Waals surface area contributed by atoms with Gasteiger partial charge in [-0.3, -0.25) is 4.98 Å². The minimum absolute atomic E-state index is 0.635. The summed E-state index contributed by atoms with van der Waals surface area (Å²) in [6.45, 7) is 4.23. The third-order valence-corrected chi connectivity index (χ3v) is 3.01. The Hall–Kier alpha value is -1.90. The molecule has 2 aromatic heterocycles. The molecule has 0 saturated heterocycles. The second-order valence-corrected chi connectivity index (χ2v) is 4.69. The molecule has 0 atom stereocenters. The molecule has 0 aliphatic rings. The number of aromatic nitrogens is 2. The lowest BCUT2D eigenvalue weighted by molar-refractivity contribution is 0.398. The summed E-state index contributed by atoms with van der Waals surface area (Å²) < 4.78 is 5.21. The second-order valence-electron chi connectivity index (χ2n) is 4.69. The van der Waals surface area contributed by atoms with Crippen molar-refractivity contribution in [3.8, 4) is 17.3 Å². The lowest BCUT2D eigenvalue weighted by Crippen LogP contribution is -1.96. The molecule has 2 aromatic rings. The molecule has 19 heavy (non-hydrogen) atoms. The van der Waals surface area contributed by atoms with Gasteiger partial charge < -0.3 is 4.74 Å². The fourth-order valence-corrected chi connectivity index (χ4v) is 1.99. The molecular weight excluding hydrogens is 236 g/mol. The zero-order valence-electron chi connectivity index (χ0n) is 11.8. The maximum atomic E-state index is 5.21. The molecule has 0 spiro atoms. The van der Waals surface area contributed by atoms with Crippen molar-refractivity contribution in [3.63, 3.8) is 0 Å². The maximum absolute atomic E-state index is 5.21. The van der Waals surface area contributed by atoms with Crippen LogP contribution in [0.4, 0.5) is 0 Å². The van der Waals surface area contributed by atoms with E-state index in [0.29, 0.717) is 5.88 Å². The van der Waals surface area contributed by atoms with Crippen molar-refractivity contribution < 1.29 is 4.74 Å². The van der Waals surface area contributed by atoms with Crippen molar-refractivity contribution in [2.45, 2.75) is 33.1 Å². The van der Waals surface area contributed by atoms with E-state index < -0.39 is 0 Å². The van der Waals surface area contributed by atoms with E-state index in [1.54, 1.807) is 7.11 Å². The standard InChI is InChI=1S/C16H20N2O/c1-4-5-7-13-8-6-9-14(17-13)15-10-12(2)11-16(18-15)19-3/h6,8-11H,4-5,7H2,1-3H3. The molecule has 3 heteroatoms. The Morgan fingerprint density at radius 3 is 2.68 bits per heavy atom. The zero-order valence-corrected chi connectivity index (χ0v) is 11.8. The van der Waals surface area contributed by atoms with Crippen LogP contribution in [0.1, 0.15) is 31.0 Å². The first-order valence-electron chi connectivity index (χ1n) is 6.72. The van der Waals surface area contributed by atoms with Crippen LogP contribution in [0.2, 0.25) is 0 Å². The van der Waals surface area contributed by atoms with Crippen LogP contribution in [0, 0.1) is 6.92 Å². The molecule has 0 aliphatic carbocycles. The van der Waals surface area contributed by atoms with Crippen molar-refractivity contribution in [2.75, 3.05) is 7.11 Å². The van der Waals surface area contributed by atoms with Gasteiger partial charge in [-0.15, -0.1) is 0 Å². The Kier molecular flexibility index (Phi) is 4.50. The quantitative estimate of drug-likeness (QED) is 0.816. The molecule has 0 aliphatic heterocycles. The lowest BCUT2D eigenvalue weighted by Gasteiger charge is -2.07. The number of hydrogen-bond acceptors (Lipinski definition) is 3. The first kappa shape index (κ1) is 13.5. The van der Waals surface area contributed by atoms with Crippen LogP contribution in [-0.4, -0.2) is 17.1 Å². The summed E-state index contributed by atoms with van der Waals surface area (Å²) in [6, 6.07) is 10.1. The minimum atomic E-state index is 0.635. The van der Waals surface area contributed by atoms with Gasteiger partial charge in [0.2, 0.25) is 5.88 Å². The fourth-order valence-electron chi connectivity index (χ4n) is 1.99. The second kappa shape index (κ2) is 6.32. The van der Waals surface area contributed by atoms with Gasteiger partial charge in [0, 0.05) is 11.8 Å². The molecule has 2 heterocycles. The lowest BCUT2D eigenvalue weighted by atomic mass is 10.1. The predicted octanol–water partition coefficient (Wildman–Crippen LogP) is 3.80. The van der Waals surface area contributed by atoms with E-state index in [0.717, 1.165) is 29.1 Å². The van der Waals surface area contributed by atoms with Gasteiger partial charge in [-0.05, 0) is 43.5 Å². The third kappa shape index (κ3) is 3.53. The monoisotopic (exact) mass is 256 g/mol. The topological polar surface area (TPSA) is 35.0 Å². The third-order valence-electron chi connectivity index (χ3n) is 3.01. The van der Waals surface area contributed by atoms with Crippen LogP contribution in [0.25, 0.3) is 11.4 Å². The average Bonchev–Trinajstić information content (AvgIpc) is 2.44. The Morgan fingerprint density at radius 1 is 1.11 bits per heavy atom. The number of methoxy groups -OCH3 is 1. The van der Waals surface area contributed by atoms with Crippen molar-refractivity contribution in [1.82, 2.24) is 9.97 Å². The number of nitrogens with zero attached hydrogens (tertiary/aromatic N) is 2. The molecule has 0 N–H and O–H groups in total. The van der Waals surface area contributed by atoms with E-state index in [1.165, 1.54) is 12.8 Å². The van der Waals surface area contributed by atoms with Crippen LogP contribution in [0.3, 0.4) is 0 Å². The Labute approximate surface area is 114 Å². The number of aryl methyl sites for hydroxylation is 2. The Bertz CT molecular complexity index is 552. The predicted molar refractivity (Wildman–Crippen MR) is 77.4 cm³/mol. The van der Waals surface area contributed by atoms with Gasteiger partial charge in [-0.25, -0.2) is 4.98 Å². The smallest absolute Gasteiger partial charge is 0.213 e. The van der Waals surface area contributed by atoms with Crippen molar-refractivity contribution in [1.29, 1.82) is 0 Å². The van der Waals surface area contributed by atoms with E-state index in [-0.39, 0.29) is 0 Å². The first-order valence-corrected chi connectivity index (χ1v) is 6.72. The first-order chi connectivity index (χ1) is 9.22. The van der Waals surface area contributed by atoms with E-state index in [2.05, 4.69) is 23.0 Å². The highest BCUT2D eigenvalue weighted by molar-refractivity contribution is 5.56. The maximum Gasteiger partial charge on any atom is 0.213 e. The molecule has 0 aromatic carbocycles. The SMILES string of the molecule is CCCCc1cccc(-c2cc(C)cc(OC)n2)n1. The van der Waals surface area contributed by atoms with Gasteiger partial charge >= 0.3 is 0 Å². The summed E-state index contributed by atoms with van der Waals surface area (Å²) in [5.74, 6) is 0.635. The van der Waals surface area contributed by atoms with Crippen LogP contribution in [0.5, 0.6) is 5.88 Å². The molecule has 0 unspecified atom stereocenters. The summed E-state index contributed by atoms with van der Waals surface area (Å²) in [5.41, 5.74) is 4.04. The number of rotatable bonds is 5. The molecule has 0 amide bonds. The van der Waals surface area contributed by atoms with E-state index in [9.17, 15) is 0 Å². The summed E-state index contributed by atoms with van der Waals surface area (Å²) in [5, 5.41) is 0. The summed E-state index contributed by atoms with van der Waals surface area (Å²) in [7, 11) is 1.64. The molecular formula is C16H20N2O. The molecule has 0 saturated carbocycles. The van der Waals surface area contributed by atoms with Crippen LogP contribution < -0.4 is 4.74 Å². The Morgan fingerprint density at radius 2 is 1.95 bits per heavy atom. The van der Waals surface area contributed by atoms with Crippen LogP contribution in [0.15, 0.2) is 30.3 Å². The van der Waals surface area contributed by atoms with Gasteiger partial charge in [-0.2, -0.15) is 0 Å². The average molecular weight is 256 g/mol. The van der Waals surface area contributed by atoms with Gasteiger partial charge in [-0.1, -0.05) is 19.4 Å². The highest BCUT2D eigenvalue weighted by Gasteiger charge is 2.05. The highest BCUT2D eigenvalue weighted by atomic mass is 16.5. The van der Waals surface area contributed by atoms with Gasteiger partial charge in [0.1, 0.15) is 0 Å². The summed E-state index contributed by atoms with van der Waals surface area (Å²) in [6.07, 6.45) is 3.37. The fraction of sp³-hybridized carbons (Fsp3) is 0.375. The summed E-state index contributed by atoms with van der Waals surface area (Å²) >= 11 is 0. The van der Waals surface area contributed by atoms with Crippen molar-refractivity contribution >= 4 is 0 Å². The number of pyridine rings is 2.